The molecule has 0 radical (unpaired) electrons. The van der Waals surface area contributed by atoms with E-state index in [0.717, 1.165) is 19.3 Å². The van der Waals surface area contributed by atoms with Gasteiger partial charge in [0.1, 0.15) is 0 Å². The van der Waals surface area contributed by atoms with Crippen molar-refractivity contribution in [3.8, 4) is 0 Å². The highest BCUT2D eigenvalue weighted by Crippen LogP contribution is 2.33. The average molecular weight is 363 g/mol. The van der Waals surface area contributed by atoms with Crippen LogP contribution < -0.4 is 5.32 Å². The van der Waals surface area contributed by atoms with E-state index in [-0.39, 0.29) is 11.9 Å². The fourth-order valence-corrected chi connectivity index (χ4v) is 3.76. The Morgan fingerprint density at radius 2 is 2.04 bits per heavy atom. The van der Waals surface area contributed by atoms with Crippen LogP contribution in [0.15, 0.2) is 42.5 Å². The molecule has 0 heterocycles. The molecule has 0 saturated heterocycles. The zero-order chi connectivity index (χ0) is 17.1. The van der Waals surface area contributed by atoms with E-state index in [2.05, 4.69) is 34.5 Å². The van der Waals surface area contributed by atoms with Gasteiger partial charge in [0.2, 0.25) is 5.91 Å². The van der Waals surface area contributed by atoms with Gasteiger partial charge in [0.15, 0.2) is 0 Å². The third-order valence-electron chi connectivity index (χ3n) is 4.47. The first-order valence-corrected chi connectivity index (χ1v) is 8.83. The molecule has 0 aromatic heterocycles. The maximum absolute atomic E-state index is 12.4. The molecule has 0 bridgehead atoms. The summed E-state index contributed by atoms with van der Waals surface area (Å²) in [6, 6.07) is 13.8. The summed E-state index contributed by atoms with van der Waals surface area (Å²) in [5.41, 5.74) is 3.31. The summed E-state index contributed by atoms with van der Waals surface area (Å²) in [5.74, 6) is -0.0789. The number of hydrogen-bond donors (Lipinski definition) is 1. The molecule has 0 spiro atoms. The predicted molar refractivity (Wildman–Crippen MR) is 99.8 cm³/mol. The Morgan fingerprint density at radius 1 is 1.25 bits per heavy atom. The van der Waals surface area contributed by atoms with Gasteiger partial charge in [-0.1, -0.05) is 47.5 Å². The van der Waals surface area contributed by atoms with Gasteiger partial charge in [-0.3, -0.25) is 9.69 Å². The largest absolute Gasteiger partial charge is 0.324 e. The molecule has 1 amide bonds. The van der Waals surface area contributed by atoms with Crippen LogP contribution in [-0.2, 0) is 11.2 Å². The van der Waals surface area contributed by atoms with Crippen molar-refractivity contribution in [1.29, 1.82) is 0 Å². The maximum atomic E-state index is 12.4. The number of rotatable bonds is 4. The fourth-order valence-electron chi connectivity index (χ4n) is 3.30. The van der Waals surface area contributed by atoms with E-state index < -0.39 is 0 Å². The Labute approximate surface area is 152 Å². The van der Waals surface area contributed by atoms with Gasteiger partial charge in [0.25, 0.3) is 0 Å². The van der Waals surface area contributed by atoms with Crippen LogP contribution in [0, 0.1) is 0 Å². The molecule has 2 aromatic rings. The van der Waals surface area contributed by atoms with Crippen molar-refractivity contribution in [1.82, 2.24) is 4.90 Å². The van der Waals surface area contributed by atoms with Crippen LogP contribution in [0.4, 0.5) is 5.69 Å². The molecule has 3 nitrogen and oxygen atoms in total. The number of nitrogens with zero attached hydrogens (tertiary/aromatic N) is 1. The van der Waals surface area contributed by atoms with Crippen molar-refractivity contribution in [3.05, 3.63) is 63.6 Å². The van der Waals surface area contributed by atoms with Crippen molar-refractivity contribution in [3.63, 3.8) is 0 Å². The lowest BCUT2D eigenvalue weighted by Gasteiger charge is -2.32. The van der Waals surface area contributed by atoms with Crippen LogP contribution in [0.5, 0.6) is 0 Å². The maximum Gasteiger partial charge on any atom is 0.238 e. The van der Waals surface area contributed by atoms with E-state index in [4.69, 9.17) is 23.2 Å². The van der Waals surface area contributed by atoms with E-state index in [9.17, 15) is 4.79 Å². The predicted octanol–water partition coefficient (Wildman–Crippen LogP) is 4.94. The average Bonchev–Trinajstić information content (AvgIpc) is 2.57. The number of halogens is 2. The summed E-state index contributed by atoms with van der Waals surface area (Å²) in [6.07, 6.45) is 3.34. The summed E-state index contributed by atoms with van der Waals surface area (Å²) >= 11 is 12.0. The Morgan fingerprint density at radius 3 is 2.83 bits per heavy atom. The number of anilines is 1. The van der Waals surface area contributed by atoms with Crippen LogP contribution in [0.3, 0.4) is 0 Å². The summed E-state index contributed by atoms with van der Waals surface area (Å²) < 4.78 is 0. The van der Waals surface area contributed by atoms with Gasteiger partial charge < -0.3 is 5.32 Å². The lowest BCUT2D eigenvalue weighted by atomic mass is 9.87. The molecule has 1 aliphatic carbocycles. The van der Waals surface area contributed by atoms with Gasteiger partial charge in [-0.2, -0.15) is 0 Å². The number of carbonyl (C=O) groups excluding carboxylic acids is 1. The first-order valence-electron chi connectivity index (χ1n) is 8.07. The Bertz CT molecular complexity index is 748. The minimum Gasteiger partial charge on any atom is -0.324 e. The molecular weight excluding hydrogens is 343 g/mol. The number of amides is 1. The van der Waals surface area contributed by atoms with Gasteiger partial charge >= 0.3 is 0 Å². The summed E-state index contributed by atoms with van der Waals surface area (Å²) in [6.45, 7) is 0.317. The molecule has 24 heavy (non-hydrogen) atoms. The summed E-state index contributed by atoms with van der Waals surface area (Å²) in [7, 11) is 2.00. The summed E-state index contributed by atoms with van der Waals surface area (Å²) in [5, 5.41) is 3.86. The molecule has 1 unspecified atom stereocenters. The smallest absolute Gasteiger partial charge is 0.238 e. The van der Waals surface area contributed by atoms with Crippen molar-refractivity contribution >= 4 is 34.8 Å². The molecule has 0 saturated carbocycles. The van der Waals surface area contributed by atoms with Crippen LogP contribution in [0.1, 0.15) is 30.0 Å². The van der Waals surface area contributed by atoms with Crippen molar-refractivity contribution < 1.29 is 4.79 Å². The minimum atomic E-state index is -0.0789. The highest BCUT2D eigenvalue weighted by atomic mass is 35.5. The second-order valence-electron chi connectivity index (χ2n) is 6.19. The van der Waals surface area contributed by atoms with Gasteiger partial charge in [-0.05, 0) is 55.6 Å². The van der Waals surface area contributed by atoms with Gasteiger partial charge in [-0.25, -0.2) is 0 Å². The van der Waals surface area contributed by atoms with Gasteiger partial charge in [0.05, 0.1) is 17.3 Å². The first-order chi connectivity index (χ1) is 11.5. The van der Waals surface area contributed by atoms with Crippen LogP contribution in [-0.4, -0.2) is 24.4 Å². The van der Waals surface area contributed by atoms with E-state index in [1.807, 2.05) is 7.05 Å². The lowest BCUT2D eigenvalue weighted by Crippen LogP contribution is -2.34. The Hall–Kier alpha value is -1.55. The number of nitrogens with one attached hydrogen (secondary N) is 1. The normalized spacial score (nSPS) is 16.8. The molecular formula is C19H20Cl2N2O. The molecule has 1 N–H and O–H groups in total. The van der Waals surface area contributed by atoms with E-state index >= 15 is 0 Å². The van der Waals surface area contributed by atoms with Crippen molar-refractivity contribution in [2.45, 2.75) is 25.3 Å². The van der Waals surface area contributed by atoms with Gasteiger partial charge in [-0.15, -0.1) is 0 Å². The highest BCUT2D eigenvalue weighted by molar-refractivity contribution is 6.36. The van der Waals surface area contributed by atoms with E-state index in [0.29, 0.717) is 22.3 Å². The van der Waals surface area contributed by atoms with Crippen LogP contribution in [0.25, 0.3) is 0 Å². The molecule has 3 rings (SSSR count). The monoisotopic (exact) mass is 362 g/mol. The molecule has 0 fully saturated rings. The Balaban J connectivity index is 1.67. The first kappa shape index (κ1) is 17.3. The molecule has 1 atom stereocenters. The quantitative estimate of drug-likeness (QED) is 0.834. The molecule has 1 aliphatic rings. The molecule has 0 aliphatic heterocycles. The molecule has 5 heteroatoms. The van der Waals surface area contributed by atoms with Gasteiger partial charge in [0, 0.05) is 11.1 Å². The second kappa shape index (κ2) is 7.56. The third-order valence-corrected chi connectivity index (χ3v) is 5.02. The molecule has 2 aromatic carbocycles. The number of carbonyl (C=O) groups is 1. The topological polar surface area (TPSA) is 32.3 Å². The highest BCUT2D eigenvalue weighted by Gasteiger charge is 2.24. The van der Waals surface area contributed by atoms with Crippen LogP contribution >= 0.6 is 23.2 Å². The van der Waals surface area contributed by atoms with Crippen molar-refractivity contribution in [2.75, 3.05) is 18.9 Å². The third kappa shape index (κ3) is 3.92. The standard InChI is InChI=1S/C19H20Cl2N2O/c1-23(18-8-4-6-13-5-2-3-7-15(13)18)12-19(24)22-17-10-9-14(20)11-16(17)21/h2-3,5,7,9-11,18H,4,6,8,12H2,1H3,(H,22,24). The van der Waals surface area contributed by atoms with E-state index in [1.54, 1.807) is 18.2 Å². The lowest BCUT2D eigenvalue weighted by molar-refractivity contribution is -0.117. The van der Waals surface area contributed by atoms with Crippen molar-refractivity contribution in [2.24, 2.45) is 0 Å². The zero-order valence-electron chi connectivity index (χ0n) is 13.6. The number of hydrogen-bond acceptors (Lipinski definition) is 2. The fraction of sp³-hybridized carbons (Fsp3) is 0.316. The second-order valence-corrected chi connectivity index (χ2v) is 7.04. The van der Waals surface area contributed by atoms with E-state index in [1.165, 1.54) is 11.1 Å². The number of benzene rings is 2. The number of likely N-dealkylation sites (N-methyl/N-ethyl adjacent to an activating group) is 1. The Kier molecular flexibility index (Phi) is 5.44. The summed E-state index contributed by atoms with van der Waals surface area (Å²) in [4.78, 5) is 14.5. The zero-order valence-corrected chi connectivity index (χ0v) is 15.1. The minimum absolute atomic E-state index is 0.0789. The SMILES string of the molecule is CN(CC(=O)Nc1ccc(Cl)cc1Cl)C1CCCc2ccccc21. The number of fused-ring (bicyclic) bond motifs is 1. The number of aryl methyl sites for hydroxylation is 1. The molecule has 126 valence electrons. The van der Waals surface area contributed by atoms with Crippen LogP contribution in [0.2, 0.25) is 10.0 Å².